The van der Waals surface area contributed by atoms with Crippen molar-refractivity contribution in [3.05, 3.63) is 24.0 Å². The van der Waals surface area contributed by atoms with Crippen molar-refractivity contribution in [2.24, 2.45) is 0 Å². The van der Waals surface area contributed by atoms with Gasteiger partial charge in [-0.2, -0.15) is 0 Å². The van der Waals surface area contributed by atoms with Gasteiger partial charge in [0.05, 0.1) is 6.61 Å². The highest BCUT2D eigenvalue weighted by Crippen LogP contribution is 1.96. The largest absolute Gasteiger partial charge is 0.365 e. The molecule has 2 nitrogen and oxygen atoms in total. The van der Waals surface area contributed by atoms with Crippen LogP contribution in [-0.4, -0.2) is 11.6 Å². The first-order valence-electron chi connectivity index (χ1n) is 2.87. The number of H-pyrrole nitrogens is 1. The molecule has 0 saturated carbocycles. The molecule has 0 saturated heterocycles. The molecule has 0 aliphatic rings. The summed E-state index contributed by atoms with van der Waals surface area (Å²) in [6.07, 6.45) is 2.87. The SMILES string of the molecule is POCCc1ccc[nH]1. The molecule has 0 fully saturated rings. The van der Waals surface area contributed by atoms with E-state index in [0.29, 0.717) is 0 Å². The van der Waals surface area contributed by atoms with Crippen LogP contribution in [0.25, 0.3) is 0 Å². The Morgan fingerprint density at radius 2 is 2.56 bits per heavy atom. The Kier molecular flexibility index (Phi) is 2.75. The average Bonchev–Trinajstić information content (AvgIpc) is 2.34. The first-order chi connectivity index (χ1) is 4.43. The molecule has 50 valence electrons. The molecule has 0 aliphatic carbocycles. The average molecular weight is 143 g/mol. The summed E-state index contributed by atoms with van der Waals surface area (Å²) >= 11 is 0. The third kappa shape index (κ3) is 2.17. The molecule has 1 atom stereocenters. The van der Waals surface area contributed by atoms with Crippen LogP contribution in [0.3, 0.4) is 0 Å². The molecule has 0 aliphatic heterocycles. The van der Waals surface area contributed by atoms with Gasteiger partial charge < -0.3 is 9.51 Å². The quantitative estimate of drug-likeness (QED) is 0.635. The lowest BCUT2D eigenvalue weighted by molar-refractivity contribution is 0.375. The number of rotatable bonds is 3. The van der Waals surface area contributed by atoms with E-state index in [1.54, 1.807) is 0 Å². The Morgan fingerprint density at radius 1 is 1.67 bits per heavy atom. The molecule has 1 rings (SSSR count). The van der Waals surface area contributed by atoms with Gasteiger partial charge in [0.2, 0.25) is 0 Å². The van der Waals surface area contributed by atoms with Gasteiger partial charge in [-0.05, 0) is 12.1 Å². The van der Waals surface area contributed by atoms with Crippen molar-refractivity contribution < 1.29 is 4.52 Å². The number of nitrogens with one attached hydrogen (secondary N) is 1. The summed E-state index contributed by atoms with van der Waals surface area (Å²) in [5, 5.41) is 0. The molecular weight excluding hydrogens is 133 g/mol. The van der Waals surface area contributed by atoms with Gasteiger partial charge in [-0.15, -0.1) is 0 Å². The molecule has 3 heteroatoms. The second kappa shape index (κ2) is 3.65. The Balaban J connectivity index is 2.30. The highest BCUT2D eigenvalue weighted by molar-refractivity contribution is 7.09. The minimum Gasteiger partial charge on any atom is -0.365 e. The summed E-state index contributed by atoms with van der Waals surface area (Å²) in [4.78, 5) is 3.08. The second-order valence-corrected chi connectivity index (χ2v) is 2.15. The van der Waals surface area contributed by atoms with Crippen LogP contribution in [0.2, 0.25) is 0 Å². The van der Waals surface area contributed by atoms with Crippen LogP contribution in [0.5, 0.6) is 0 Å². The first kappa shape index (κ1) is 6.79. The lowest BCUT2D eigenvalue weighted by atomic mass is 10.3. The van der Waals surface area contributed by atoms with E-state index in [4.69, 9.17) is 4.52 Å². The van der Waals surface area contributed by atoms with Gasteiger partial charge in [-0.1, -0.05) is 0 Å². The van der Waals surface area contributed by atoms with E-state index in [1.807, 2.05) is 18.3 Å². The highest BCUT2D eigenvalue weighted by atomic mass is 31.0. The maximum atomic E-state index is 4.81. The van der Waals surface area contributed by atoms with E-state index in [1.165, 1.54) is 5.69 Å². The Labute approximate surface area is 56.9 Å². The zero-order valence-electron chi connectivity index (χ0n) is 5.13. The van der Waals surface area contributed by atoms with Gasteiger partial charge in [0.15, 0.2) is 0 Å². The Hall–Kier alpha value is -0.330. The molecule has 1 N–H and O–H groups in total. The third-order valence-electron chi connectivity index (χ3n) is 1.15. The lowest BCUT2D eigenvalue weighted by Gasteiger charge is -1.93. The van der Waals surface area contributed by atoms with Gasteiger partial charge >= 0.3 is 0 Å². The first-order valence-corrected chi connectivity index (χ1v) is 3.34. The fourth-order valence-electron chi connectivity index (χ4n) is 0.692. The monoisotopic (exact) mass is 143 g/mol. The van der Waals surface area contributed by atoms with Crippen LogP contribution in [0.15, 0.2) is 18.3 Å². The normalized spacial score (nSPS) is 9.89. The molecule has 1 heterocycles. The van der Waals surface area contributed by atoms with E-state index >= 15 is 0 Å². The molecule has 1 unspecified atom stereocenters. The van der Waals surface area contributed by atoms with Crippen molar-refractivity contribution in [3.8, 4) is 0 Å². The maximum absolute atomic E-state index is 4.81. The van der Waals surface area contributed by atoms with Crippen molar-refractivity contribution in [2.75, 3.05) is 6.61 Å². The van der Waals surface area contributed by atoms with Gasteiger partial charge in [0.25, 0.3) is 0 Å². The van der Waals surface area contributed by atoms with Gasteiger partial charge in [-0.25, -0.2) is 0 Å². The molecule has 0 bridgehead atoms. The van der Waals surface area contributed by atoms with Crippen LogP contribution in [0.1, 0.15) is 5.69 Å². The van der Waals surface area contributed by atoms with Crippen LogP contribution in [0.4, 0.5) is 0 Å². The summed E-state index contributed by atoms with van der Waals surface area (Å²) in [7, 11) is 2.23. The summed E-state index contributed by atoms with van der Waals surface area (Å²) in [6, 6.07) is 4.03. The van der Waals surface area contributed by atoms with Crippen molar-refractivity contribution in [1.82, 2.24) is 4.98 Å². The van der Waals surface area contributed by atoms with Crippen LogP contribution in [-0.2, 0) is 10.9 Å². The molecule has 0 aromatic carbocycles. The topological polar surface area (TPSA) is 25.0 Å². The van der Waals surface area contributed by atoms with E-state index in [9.17, 15) is 0 Å². The molecule has 9 heavy (non-hydrogen) atoms. The van der Waals surface area contributed by atoms with Crippen molar-refractivity contribution in [1.29, 1.82) is 0 Å². The summed E-state index contributed by atoms with van der Waals surface area (Å²) in [5.41, 5.74) is 1.22. The van der Waals surface area contributed by atoms with Gasteiger partial charge in [0.1, 0.15) is 0 Å². The Bertz CT molecular complexity index is 150. The number of aromatic amines is 1. The molecule has 0 radical (unpaired) electrons. The van der Waals surface area contributed by atoms with Crippen molar-refractivity contribution in [2.45, 2.75) is 6.42 Å². The molecule has 1 aromatic rings. The minimum absolute atomic E-state index is 0.755. The van der Waals surface area contributed by atoms with Crippen LogP contribution in [0, 0.1) is 0 Å². The standard InChI is InChI=1S/C6H10NOP/c9-8-5-3-6-2-1-4-7-6/h1-2,4,7H,3,5,9H2. The lowest BCUT2D eigenvalue weighted by Crippen LogP contribution is -1.90. The van der Waals surface area contributed by atoms with Gasteiger partial charge in [-0.3, -0.25) is 0 Å². The highest BCUT2D eigenvalue weighted by Gasteiger charge is 1.88. The zero-order valence-corrected chi connectivity index (χ0v) is 6.29. The van der Waals surface area contributed by atoms with E-state index in [0.717, 1.165) is 13.0 Å². The fraction of sp³-hybridized carbons (Fsp3) is 0.333. The number of hydrogen-bond donors (Lipinski definition) is 1. The van der Waals surface area contributed by atoms with E-state index < -0.39 is 0 Å². The van der Waals surface area contributed by atoms with Crippen LogP contribution < -0.4 is 0 Å². The summed E-state index contributed by atoms with van der Waals surface area (Å²) in [6.45, 7) is 0.755. The van der Waals surface area contributed by atoms with E-state index in [2.05, 4.69) is 14.5 Å². The second-order valence-electron chi connectivity index (χ2n) is 1.82. The molecular formula is C6H10NOP. The maximum Gasteiger partial charge on any atom is 0.0556 e. The molecule has 0 spiro atoms. The molecule has 1 aromatic heterocycles. The molecule has 0 amide bonds. The number of hydrogen-bond acceptors (Lipinski definition) is 1. The van der Waals surface area contributed by atoms with Crippen molar-refractivity contribution >= 4 is 9.47 Å². The zero-order chi connectivity index (χ0) is 6.53. The van der Waals surface area contributed by atoms with Crippen LogP contribution >= 0.6 is 9.47 Å². The number of aromatic nitrogens is 1. The Morgan fingerprint density at radius 3 is 3.11 bits per heavy atom. The fourth-order valence-corrected chi connectivity index (χ4v) is 0.810. The van der Waals surface area contributed by atoms with Crippen molar-refractivity contribution in [3.63, 3.8) is 0 Å². The van der Waals surface area contributed by atoms with E-state index in [-0.39, 0.29) is 0 Å². The predicted octanol–water partition coefficient (Wildman–Crippen LogP) is 1.36. The smallest absolute Gasteiger partial charge is 0.0556 e. The summed E-state index contributed by atoms with van der Waals surface area (Å²) < 4.78 is 4.81. The summed E-state index contributed by atoms with van der Waals surface area (Å²) in [5.74, 6) is 0. The van der Waals surface area contributed by atoms with Gasteiger partial charge in [0, 0.05) is 27.8 Å². The predicted molar refractivity (Wildman–Crippen MR) is 40.2 cm³/mol. The third-order valence-corrected chi connectivity index (χ3v) is 1.39. The minimum atomic E-state index is 0.755.